The van der Waals surface area contributed by atoms with Gasteiger partial charge in [0.15, 0.2) is 13.2 Å². The van der Waals surface area contributed by atoms with E-state index in [2.05, 4.69) is 187 Å². The highest BCUT2D eigenvalue weighted by Gasteiger charge is 2.41. The van der Waals surface area contributed by atoms with Crippen LogP contribution >= 0.6 is 11.8 Å². The lowest BCUT2D eigenvalue weighted by atomic mass is 10.0. The first kappa shape index (κ1) is 32.1. The molecule has 5 heteroatoms. The molecule has 0 atom stereocenters. The van der Waals surface area contributed by atoms with E-state index in [-0.39, 0.29) is 0 Å². The molecule has 0 bridgehead atoms. The lowest BCUT2D eigenvalue weighted by molar-refractivity contribution is 0.669. The SMILES string of the molecule is c1ccc([Si](c2ccccc2)(c2cccc(-c3ccc4c(c3)nc3n4-c4ccccc4CS3)c2)c2cccc(-c3ccc4oc5ccccc5c4c3)c2)cc1. The first-order valence-electron chi connectivity index (χ1n) is 18.7. The lowest BCUT2D eigenvalue weighted by Gasteiger charge is -2.35. The Bertz CT molecular complexity index is 3020. The number of fused-ring (bicyclic) bond motifs is 8. The van der Waals surface area contributed by atoms with E-state index in [4.69, 9.17) is 9.40 Å². The minimum absolute atomic E-state index is 0.910. The summed E-state index contributed by atoms with van der Waals surface area (Å²) in [7, 11) is -2.86. The van der Waals surface area contributed by atoms with Gasteiger partial charge in [-0.2, -0.15) is 0 Å². The Labute approximate surface area is 324 Å². The summed E-state index contributed by atoms with van der Waals surface area (Å²) in [5.74, 6) is 0.941. The summed E-state index contributed by atoms with van der Waals surface area (Å²) in [4.78, 5) is 5.15. The first-order chi connectivity index (χ1) is 27.2. The van der Waals surface area contributed by atoms with E-state index in [1.54, 1.807) is 0 Å². The number of benzene rings is 8. The summed E-state index contributed by atoms with van der Waals surface area (Å²) in [5.41, 5.74) is 11.3. The second-order valence-corrected chi connectivity index (χ2v) is 19.1. The Morgan fingerprint density at radius 2 is 1.05 bits per heavy atom. The van der Waals surface area contributed by atoms with E-state index in [0.29, 0.717) is 0 Å². The van der Waals surface area contributed by atoms with Crippen LogP contribution in [-0.4, -0.2) is 17.6 Å². The van der Waals surface area contributed by atoms with Crippen molar-refractivity contribution >= 4 is 73.6 Å². The summed E-state index contributed by atoms with van der Waals surface area (Å²) in [5, 5.41) is 8.70. The van der Waals surface area contributed by atoms with Gasteiger partial charge in [0.25, 0.3) is 0 Å². The van der Waals surface area contributed by atoms with Crippen molar-refractivity contribution in [1.29, 1.82) is 0 Å². The maximum absolute atomic E-state index is 6.20. The normalized spacial score (nSPS) is 12.6. The van der Waals surface area contributed by atoms with Crippen molar-refractivity contribution < 1.29 is 4.42 Å². The largest absolute Gasteiger partial charge is 0.456 e. The van der Waals surface area contributed by atoms with Crippen LogP contribution < -0.4 is 20.7 Å². The van der Waals surface area contributed by atoms with E-state index in [9.17, 15) is 0 Å². The molecule has 0 amide bonds. The van der Waals surface area contributed by atoms with Gasteiger partial charge in [0.05, 0.1) is 16.7 Å². The van der Waals surface area contributed by atoms with Crippen molar-refractivity contribution in [2.75, 3.05) is 0 Å². The zero-order valence-corrected chi connectivity index (χ0v) is 31.7. The van der Waals surface area contributed by atoms with E-state index < -0.39 is 8.07 Å². The molecule has 1 aliphatic rings. The van der Waals surface area contributed by atoms with Crippen LogP contribution in [0.25, 0.3) is 60.9 Å². The molecule has 0 saturated heterocycles. The van der Waals surface area contributed by atoms with E-state index in [0.717, 1.165) is 43.9 Å². The van der Waals surface area contributed by atoms with Crippen molar-refractivity contribution in [3.63, 3.8) is 0 Å². The van der Waals surface area contributed by atoms with Gasteiger partial charge in [-0.3, -0.25) is 4.57 Å². The Hall–Kier alpha value is -6.40. The number of aromatic nitrogens is 2. The summed E-state index contributed by atoms with van der Waals surface area (Å²) < 4.78 is 8.52. The van der Waals surface area contributed by atoms with Crippen LogP contribution in [0, 0.1) is 0 Å². The lowest BCUT2D eigenvalue weighted by Crippen LogP contribution is -2.74. The number of hydrogen-bond acceptors (Lipinski definition) is 3. The molecule has 0 spiro atoms. The third-order valence-electron chi connectivity index (χ3n) is 11.3. The van der Waals surface area contributed by atoms with Crippen LogP contribution in [0.5, 0.6) is 0 Å². The van der Waals surface area contributed by atoms with Crippen LogP contribution in [0.1, 0.15) is 5.56 Å². The third kappa shape index (κ3) is 5.15. The number of rotatable bonds is 6. The molecule has 0 saturated carbocycles. The molecule has 8 aromatic carbocycles. The molecule has 260 valence electrons. The Balaban J connectivity index is 1.10. The molecule has 0 fully saturated rings. The number of hydrogen-bond donors (Lipinski definition) is 0. The molecule has 2 aromatic heterocycles. The predicted octanol–water partition coefficient (Wildman–Crippen LogP) is 10.2. The van der Waals surface area contributed by atoms with Crippen LogP contribution in [0.3, 0.4) is 0 Å². The highest BCUT2D eigenvalue weighted by Crippen LogP contribution is 2.38. The summed E-state index contributed by atoms with van der Waals surface area (Å²) in [6, 6.07) is 71.3. The minimum Gasteiger partial charge on any atom is -0.456 e. The monoisotopic (exact) mass is 738 g/mol. The van der Waals surface area contributed by atoms with Gasteiger partial charge >= 0.3 is 0 Å². The van der Waals surface area contributed by atoms with Gasteiger partial charge in [-0.05, 0) is 85.0 Å². The van der Waals surface area contributed by atoms with Gasteiger partial charge in [-0.25, -0.2) is 4.98 Å². The number of para-hydroxylation sites is 2. The van der Waals surface area contributed by atoms with E-state index in [1.807, 2.05) is 23.9 Å². The van der Waals surface area contributed by atoms with Crippen LogP contribution in [0.2, 0.25) is 0 Å². The molecule has 55 heavy (non-hydrogen) atoms. The summed E-state index contributed by atoms with van der Waals surface area (Å²) >= 11 is 1.81. The van der Waals surface area contributed by atoms with Crippen molar-refractivity contribution in [2.24, 2.45) is 0 Å². The fraction of sp³-hybridized carbons (Fsp3) is 0.0200. The molecule has 0 aliphatic carbocycles. The highest BCUT2D eigenvalue weighted by molar-refractivity contribution is 7.98. The van der Waals surface area contributed by atoms with Crippen molar-refractivity contribution in [2.45, 2.75) is 10.9 Å². The van der Waals surface area contributed by atoms with Gasteiger partial charge in [-0.15, -0.1) is 0 Å². The molecular formula is C50H34N2OSSi. The van der Waals surface area contributed by atoms with Gasteiger partial charge in [0, 0.05) is 16.5 Å². The van der Waals surface area contributed by atoms with Crippen molar-refractivity contribution in [1.82, 2.24) is 9.55 Å². The maximum Gasteiger partial charge on any atom is 0.179 e. The van der Waals surface area contributed by atoms with E-state index in [1.165, 1.54) is 54.3 Å². The smallest absolute Gasteiger partial charge is 0.179 e. The van der Waals surface area contributed by atoms with Gasteiger partial charge in [0.2, 0.25) is 0 Å². The molecule has 0 N–H and O–H groups in total. The molecular weight excluding hydrogens is 705 g/mol. The van der Waals surface area contributed by atoms with Crippen LogP contribution in [0.4, 0.5) is 0 Å². The van der Waals surface area contributed by atoms with Crippen LogP contribution in [-0.2, 0) is 5.75 Å². The number of imidazole rings is 1. The van der Waals surface area contributed by atoms with Crippen LogP contribution in [0.15, 0.2) is 204 Å². The Morgan fingerprint density at radius 3 is 1.80 bits per heavy atom. The second-order valence-electron chi connectivity index (χ2n) is 14.3. The fourth-order valence-corrected chi connectivity index (χ4v) is 14.5. The third-order valence-corrected chi connectivity index (χ3v) is 17.0. The van der Waals surface area contributed by atoms with Crippen molar-refractivity contribution in [3.05, 3.63) is 200 Å². The topological polar surface area (TPSA) is 31.0 Å². The first-order valence-corrected chi connectivity index (χ1v) is 21.7. The number of furan rings is 1. The second kappa shape index (κ2) is 12.9. The average molecular weight is 739 g/mol. The average Bonchev–Trinajstić information content (AvgIpc) is 3.83. The van der Waals surface area contributed by atoms with Gasteiger partial charge in [0.1, 0.15) is 11.2 Å². The fourth-order valence-electron chi connectivity index (χ4n) is 8.71. The van der Waals surface area contributed by atoms with Gasteiger partial charge in [-0.1, -0.05) is 169 Å². The zero-order chi connectivity index (χ0) is 36.3. The molecule has 3 nitrogen and oxygen atoms in total. The molecule has 0 unspecified atom stereocenters. The predicted molar refractivity (Wildman–Crippen MR) is 232 cm³/mol. The standard InChI is InChI=1S/C50H34N2OSSi/c1-3-16-39(17-4-1)55(40-18-5-2-6-19-40,41-20-11-14-34(29-41)36-26-28-49-44(31-36)43-22-8-10-24-48(43)53-49)42-21-12-15-35(30-42)37-25-27-47-45(32-37)51-50-52(47)46-23-9-7-13-38(46)33-54-50/h1-32H,33H2. The molecule has 10 aromatic rings. The highest BCUT2D eigenvalue weighted by atomic mass is 32.2. The summed E-state index contributed by atoms with van der Waals surface area (Å²) in [6.07, 6.45) is 0. The molecule has 11 rings (SSSR count). The summed E-state index contributed by atoms with van der Waals surface area (Å²) in [6.45, 7) is 0. The Morgan fingerprint density at radius 1 is 0.473 bits per heavy atom. The quantitative estimate of drug-likeness (QED) is 0.126. The minimum atomic E-state index is -2.86. The molecule has 0 radical (unpaired) electrons. The maximum atomic E-state index is 6.20. The molecule has 1 aliphatic heterocycles. The zero-order valence-electron chi connectivity index (χ0n) is 29.9. The van der Waals surface area contributed by atoms with Gasteiger partial charge < -0.3 is 4.42 Å². The van der Waals surface area contributed by atoms with Crippen molar-refractivity contribution in [3.8, 4) is 27.9 Å². The van der Waals surface area contributed by atoms with E-state index >= 15 is 0 Å². The number of nitrogens with zero attached hydrogens (tertiary/aromatic N) is 2. The number of thioether (sulfide) groups is 1. The Kier molecular flexibility index (Phi) is 7.51. The molecule has 3 heterocycles.